The van der Waals surface area contributed by atoms with Crippen molar-refractivity contribution in [1.82, 2.24) is 0 Å². The molecule has 0 aromatic heterocycles. The van der Waals surface area contributed by atoms with Crippen molar-refractivity contribution in [2.75, 3.05) is 4.93 Å². The van der Waals surface area contributed by atoms with Crippen LogP contribution in [0.3, 0.4) is 0 Å². The fraction of sp³-hybridized carbons (Fsp3) is 1.00. The Balaban J connectivity index is 5.28. The summed E-state index contributed by atoms with van der Waals surface area (Å²) in [4.78, 5) is 2.72. The Labute approximate surface area is 426 Å². The molecule has 0 atom stereocenters. The summed E-state index contributed by atoms with van der Waals surface area (Å²) < 4.78 is 0. The van der Waals surface area contributed by atoms with Gasteiger partial charge in [0.25, 0.3) is 0 Å². The summed E-state index contributed by atoms with van der Waals surface area (Å²) in [5.41, 5.74) is 0. The van der Waals surface area contributed by atoms with Crippen LogP contribution in [0, 0.1) is 0 Å². The topological polar surface area (TPSA) is 0 Å². The first kappa shape index (κ1) is 58.1. The van der Waals surface area contributed by atoms with E-state index in [2.05, 4.69) is 321 Å². The molecule has 0 aliphatic rings. The van der Waals surface area contributed by atoms with Gasteiger partial charge in [0.05, 0.1) is 0 Å². The molecule has 0 aromatic rings. The first-order chi connectivity index (χ1) is 15.4. The summed E-state index contributed by atoms with van der Waals surface area (Å²) in [7, 11) is -7.19. The van der Waals surface area contributed by atoms with E-state index in [1.54, 1.807) is 0 Å². The Morgan fingerprint density at radius 3 is 0.529 bits per heavy atom. The molecule has 238 valence electrons. The first-order valence-electron chi connectivity index (χ1n) is 4.95. The molecule has 0 radical (unpaired) electrons. The Morgan fingerprint density at radius 1 is 0.235 bits per heavy atom. The van der Waals surface area contributed by atoms with E-state index in [4.69, 9.17) is 0 Å². The van der Waals surface area contributed by atoms with E-state index in [0.717, 1.165) is 0 Å². The van der Waals surface area contributed by atoms with Gasteiger partial charge in [0, 0.05) is 0 Å². The van der Waals surface area contributed by atoms with Gasteiger partial charge in [-0.2, -0.15) is 0 Å². The molecule has 0 N–H and O–H groups in total. The molecule has 0 nitrogen and oxygen atoms in total. The van der Waals surface area contributed by atoms with Gasteiger partial charge >= 0.3 is 452 Å². The molecule has 0 aliphatic carbocycles. The molecule has 0 rings (SSSR count). The second kappa shape index (κ2) is 34.6. The molecule has 0 aliphatic heterocycles. The molecule has 0 bridgehead atoms. The summed E-state index contributed by atoms with van der Waals surface area (Å²) in [5, 5.41) is 0. The van der Waals surface area contributed by atoms with Gasteiger partial charge in [0.15, 0.2) is 0 Å². The third-order valence-electron chi connectivity index (χ3n) is 1.29. The van der Waals surface area contributed by atoms with Crippen LogP contribution >= 0.6 is 447 Å². The fourth-order valence-corrected chi connectivity index (χ4v) is 5740. The predicted molar refractivity (Wildman–Crippen MR) is 469 cm³/mol. The zero-order chi connectivity index (χ0) is 27.2. The monoisotopic (exact) mass is 4200 g/mol. The zero-order valence-electron chi connectivity index (χ0n) is 13.5. The average molecular weight is 4200 g/mol. The Bertz CT molecular complexity index is 491. The van der Waals surface area contributed by atoms with Gasteiger partial charge in [-0.25, -0.2) is 0 Å². The van der Waals surface area contributed by atoms with E-state index in [-0.39, 0.29) is 0 Å². The van der Waals surface area contributed by atoms with Gasteiger partial charge in [-0.05, 0) is 0 Å². The van der Waals surface area contributed by atoms with Crippen LogP contribution in [0.5, 0.6) is 0 Å². The van der Waals surface area contributed by atoms with E-state index < -0.39 is 130 Å². The number of hydrogen-bond donors (Lipinski definition) is 0. The number of hydrogen-bond acceptors (Lipinski definition) is 0. The van der Waals surface area contributed by atoms with Crippen LogP contribution < -0.4 is 0 Å². The van der Waals surface area contributed by atoms with Crippen molar-refractivity contribution in [1.29, 1.82) is 0 Å². The van der Waals surface area contributed by atoms with Gasteiger partial charge < -0.3 is 0 Å². The maximum atomic E-state index is 3.31. The molecule has 0 unspecified atom stereocenters. The quantitative estimate of drug-likeness (QED) is 0.113. The summed E-state index contributed by atoms with van der Waals surface area (Å²) in [6.07, 6.45) is 0. The van der Waals surface area contributed by atoms with Gasteiger partial charge in [0.2, 0.25) is 0 Å². The summed E-state index contributed by atoms with van der Waals surface area (Å²) in [5.74, 6) is 0. The van der Waals surface area contributed by atoms with E-state index in [1.165, 1.54) is 0 Å². The number of halogens is 33. The molecule has 33 heteroatoms. The molecule has 34 heavy (non-hydrogen) atoms. The fourth-order valence-electron chi connectivity index (χ4n) is 0.457. The van der Waals surface area contributed by atoms with Gasteiger partial charge in [-0.1, -0.05) is 0 Å². The van der Waals surface area contributed by atoms with Crippen LogP contribution in [-0.2, 0) is 0 Å². The van der Waals surface area contributed by atoms with Gasteiger partial charge in [-0.3, -0.25) is 0 Å². The van der Waals surface area contributed by atoms with Crippen LogP contribution in [-0.4, -0.2) is 4.93 Å². The molecule has 0 spiro atoms. The molecule has 0 saturated carbocycles. The Kier molecular flexibility index (Phi) is 59.0. The van der Waals surface area contributed by atoms with Crippen molar-refractivity contribution in [2.24, 2.45) is 0 Å². The first-order valence-corrected chi connectivity index (χ1v) is 208. The van der Waals surface area contributed by atoms with Gasteiger partial charge in [-0.15, -0.1) is 0 Å². The molecular weight excluding hydrogens is 4200 g/mol. The van der Waals surface area contributed by atoms with Crippen molar-refractivity contribution in [2.45, 2.75) is 0 Å². The van der Waals surface area contributed by atoms with E-state index in [1.807, 2.05) is 0 Å². The second-order valence-corrected chi connectivity index (χ2v) is 763. The minimum atomic E-state index is -0.510. The molecule has 0 saturated heterocycles. The summed E-state index contributed by atoms with van der Waals surface area (Å²) in [6.45, 7) is 0. The van der Waals surface area contributed by atoms with Crippen LogP contribution in [0.1, 0.15) is 0 Å². The zero-order valence-corrected chi connectivity index (χ0v) is 84.7. The average Bonchev–Trinajstić information content (AvgIpc) is 2.81. The van der Waals surface area contributed by atoms with Crippen LogP contribution in [0.15, 0.2) is 0 Å². The van der Waals surface area contributed by atoms with E-state index in [9.17, 15) is 0 Å². The SMILES string of the molecule is CI(I)I(I)I(I)I(I)I(I)I(I)I(I)I(I)I(I)I(I)I(I)I(I)I(I)I(I)I(I)I(I)I. The van der Waals surface area contributed by atoms with Crippen molar-refractivity contribution < 1.29 is 0 Å². The van der Waals surface area contributed by atoms with Crippen molar-refractivity contribution in [3.63, 3.8) is 0 Å². The number of rotatable bonds is 15. The van der Waals surface area contributed by atoms with Crippen molar-refractivity contribution in [3.05, 3.63) is 0 Å². The standard InChI is InChI=1S/CH3I33/c1-19(2)21(5)23(7)25(9)27(11)29(13)31(15)33(17)34(18)32(16)30(14)28(12)26(10)24(8)22(6)20(3)4/h1H3. The van der Waals surface area contributed by atoms with E-state index in [0.29, 0.717) is 0 Å². The third-order valence-corrected chi connectivity index (χ3v) is 2430. The Morgan fingerprint density at radius 2 is 0.382 bits per heavy atom. The summed E-state index contributed by atoms with van der Waals surface area (Å²) in [6, 6.07) is 0. The maximum absolute atomic E-state index is 3.31. The molecular formula is CH3I33. The molecule has 0 aromatic carbocycles. The predicted octanol–water partition coefficient (Wildman–Crippen LogP) is 29.4. The molecule has 0 heterocycles. The van der Waals surface area contributed by atoms with E-state index >= 15 is 0 Å². The molecule has 0 fully saturated rings. The normalized spacial score (nSPS) is 18.5. The number of alkyl halides is 1. The van der Waals surface area contributed by atoms with Crippen LogP contribution in [0.4, 0.5) is 0 Å². The second-order valence-electron chi connectivity index (χ2n) is 2.77. The van der Waals surface area contributed by atoms with Crippen LogP contribution in [0.25, 0.3) is 0 Å². The van der Waals surface area contributed by atoms with Crippen LogP contribution in [0.2, 0.25) is 0 Å². The van der Waals surface area contributed by atoms with Crippen molar-refractivity contribution in [3.8, 4) is 0 Å². The summed E-state index contributed by atoms with van der Waals surface area (Å²) >= 11 is 53.8. The third kappa shape index (κ3) is 24.1. The molecule has 0 amide bonds. The van der Waals surface area contributed by atoms with Gasteiger partial charge in [0.1, 0.15) is 0 Å². The van der Waals surface area contributed by atoms with Crippen molar-refractivity contribution >= 4 is 447 Å². The minimum absolute atomic E-state index is 0.425. The Hall–Kier alpha value is 24.1.